The van der Waals surface area contributed by atoms with Gasteiger partial charge in [-0.1, -0.05) is 48.5 Å². The molecule has 10 nitrogen and oxygen atoms in total. The number of piperidine rings is 1. The van der Waals surface area contributed by atoms with Gasteiger partial charge in [0, 0.05) is 24.6 Å². The third-order valence-electron chi connectivity index (χ3n) is 9.24. The van der Waals surface area contributed by atoms with Crippen LogP contribution in [-0.2, 0) is 54.5 Å². The summed E-state index contributed by atoms with van der Waals surface area (Å²) in [5.74, 6) is -1.50. The maximum atomic E-state index is 14.3. The van der Waals surface area contributed by atoms with Crippen LogP contribution in [0.15, 0.2) is 84.6 Å². The molecule has 1 N–H and O–H groups in total. The number of esters is 1. The summed E-state index contributed by atoms with van der Waals surface area (Å²) in [5.41, 5.74) is 0.00640. The molecule has 50 heavy (non-hydrogen) atoms. The molecule has 0 unspecified atom stereocenters. The Balaban J connectivity index is 1.27. The highest BCUT2D eigenvalue weighted by Gasteiger charge is 2.59. The van der Waals surface area contributed by atoms with Crippen molar-refractivity contribution < 1.29 is 51.2 Å². The van der Waals surface area contributed by atoms with E-state index in [0.29, 0.717) is 29.4 Å². The first-order valence-corrected chi connectivity index (χ1v) is 16.2. The van der Waals surface area contributed by atoms with Crippen LogP contribution in [0.2, 0.25) is 0 Å². The highest BCUT2D eigenvalue weighted by Crippen LogP contribution is 2.51. The number of rotatable bonds is 11. The topological polar surface area (TPSA) is 113 Å². The van der Waals surface area contributed by atoms with Crippen LogP contribution >= 0.6 is 0 Å². The lowest BCUT2D eigenvalue weighted by Gasteiger charge is -2.51. The van der Waals surface area contributed by atoms with Crippen LogP contribution in [0.3, 0.4) is 0 Å². The number of carbonyl (C=O) groups is 3. The summed E-state index contributed by atoms with van der Waals surface area (Å²) in [6, 6.07) is 19.5. The summed E-state index contributed by atoms with van der Waals surface area (Å²) < 4.78 is 68.3. The van der Waals surface area contributed by atoms with Gasteiger partial charge in [0.15, 0.2) is 11.5 Å². The van der Waals surface area contributed by atoms with Crippen molar-refractivity contribution in [2.75, 3.05) is 20.5 Å². The number of hydrogen-bond donors (Lipinski definition) is 1. The number of methoxy groups -OCH3 is 1. The Morgan fingerprint density at radius 3 is 2.50 bits per heavy atom. The number of fused-ring (bicyclic) bond motifs is 2. The fraction of sp³-hybridized carbons (Fsp3) is 0.378. The Morgan fingerprint density at radius 1 is 0.980 bits per heavy atom. The molecule has 4 atom stereocenters. The Labute approximate surface area is 287 Å². The molecular formula is C37H37F3N2O8. The largest absolute Gasteiger partial charge is 0.468 e. The molecule has 6 rings (SSSR count). The monoisotopic (exact) mass is 694 g/mol. The normalized spacial score (nSPS) is 22.8. The van der Waals surface area contributed by atoms with Gasteiger partial charge in [-0.15, -0.1) is 0 Å². The highest BCUT2D eigenvalue weighted by atomic mass is 19.4. The Hall–Kier alpha value is -4.88. The molecule has 3 aromatic carbocycles. The van der Waals surface area contributed by atoms with E-state index < -0.39 is 53.1 Å². The molecule has 0 bridgehead atoms. The van der Waals surface area contributed by atoms with Crippen LogP contribution in [0, 0.1) is 11.3 Å². The van der Waals surface area contributed by atoms with E-state index in [1.165, 1.54) is 24.1 Å². The molecule has 3 aliphatic heterocycles. The van der Waals surface area contributed by atoms with E-state index in [1.54, 1.807) is 31.2 Å². The minimum absolute atomic E-state index is 0.0344. The molecule has 264 valence electrons. The van der Waals surface area contributed by atoms with Gasteiger partial charge in [-0.25, -0.2) is 0 Å². The second-order valence-corrected chi connectivity index (χ2v) is 12.5. The summed E-state index contributed by atoms with van der Waals surface area (Å²) in [6.45, 7) is 2.13. The van der Waals surface area contributed by atoms with E-state index in [4.69, 9.17) is 23.7 Å². The van der Waals surface area contributed by atoms with Crippen molar-refractivity contribution in [3.05, 3.63) is 107 Å². The number of amides is 2. The molecule has 0 aromatic heterocycles. The molecule has 0 aliphatic carbocycles. The van der Waals surface area contributed by atoms with Gasteiger partial charge in [0.1, 0.15) is 11.5 Å². The Kier molecular flexibility index (Phi) is 10.2. The van der Waals surface area contributed by atoms with Gasteiger partial charge in [0.2, 0.25) is 18.6 Å². The first-order valence-electron chi connectivity index (χ1n) is 16.2. The molecular weight excluding hydrogens is 657 g/mol. The standard InChI is InChI=1S/C37H37F3N2O8/c1-23-36(35(45)46-2)17-27(15-33(43)41-18-25-9-6-10-28(13-25)37(38,39)40)34(44)42(19-26-11-12-30-31(14-26)49-22-48-30)32(36)16-29(50-23)21-47-20-24-7-4-3-5-8-24/h3-14,16,23,27,29H,15,17-22H2,1-2H3,(H,41,43)/t23-,27+,29-,36+/m1/s1. The fourth-order valence-electron chi connectivity index (χ4n) is 6.76. The van der Waals surface area contributed by atoms with Crippen molar-refractivity contribution in [1.29, 1.82) is 0 Å². The lowest BCUT2D eigenvalue weighted by molar-refractivity contribution is -0.178. The quantitative estimate of drug-likeness (QED) is 0.261. The van der Waals surface area contributed by atoms with Crippen molar-refractivity contribution in [1.82, 2.24) is 10.2 Å². The Morgan fingerprint density at radius 2 is 1.74 bits per heavy atom. The third kappa shape index (κ3) is 7.34. The average molecular weight is 695 g/mol. The second kappa shape index (κ2) is 14.5. The van der Waals surface area contributed by atoms with Crippen molar-refractivity contribution in [3.8, 4) is 11.5 Å². The molecule has 0 saturated carbocycles. The van der Waals surface area contributed by atoms with Crippen LogP contribution in [0.1, 0.15) is 42.0 Å². The number of ether oxygens (including phenoxy) is 5. The van der Waals surface area contributed by atoms with Crippen molar-refractivity contribution in [3.63, 3.8) is 0 Å². The van der Waals surface area contributed by atoms with Gasteiger partial charge in [0.25, 0.3) is 0 Å². The highest BCUT2D eigenvalue weighted by molar-refractivity contribution is 5.92. The van der Waals surface area contributed by atoms with Crippen LogP contribution in [-0.4, -0.2) is 55.4 Å². The number of nitrogens with zero attached hydrogens (tertiary/aromatic N) is 1. The van der Waals surface area contributed by atoms with Crippen molar-refractivity contribution in [2.45, 2.75) is 57.8 Å². The van der Waals surface area contributed by atoms with Crippen LogP contribution in [0.4, 0.5) is 13.2 Å². The molecule has 13 heteroatoms. The van der Waals surface area contributed by atoms with E-state index in [-0.39, 0.29) is 44.9 Å². The van der Waals surface area contributed by atoms with E-state index in [9.17, 15) is 27.6 Å². The van der Waals surface area contributed by atoms with Crippen molar-refractivity contribution in [2.24, 2.45) is 11.3 Å². The Bertz CT molecular complexity index is 1760. The first-order chi connectivity index (χ1) is 24.0. The van der Waals surface area contributed by atoms with Gasteiger partial charge < -0.3 is 33.9 Å². The predicted molar refractivity (Wildman–Crippen MR) is 172 cm³/mol. The van der Waals surface area contributed by atoms with Gasteiger partial charge in [-0.3, -0.25) is 14.4 Å². The molecule has 0 radical (unpaired) electrons. The second-order valence-electron chi connectivity index (χ2n) is 12.5. The predicted octanol–water partition coefficient (Wildman–Crippen LogP) is 5.54. The molecule has 1 saturated heterocycles. The number of halogens is 3. The van der Waals surface area contributed by atoms with E-state index in [1.807, 2.05) is 30.3 Å². The van der Waals surface area contributed by atoms with Crippen molar-refractivity contribution >= 4 is 17.8 Å². The number of hydrogen-bond acceptors (Lipinski definition) is 8. The van der Waals surface area contributed by atoms with Gasteiger partial charge in [0.05, 0.1) is 38.5 Å². The van der Waals surface area contributed by atoms with Crippen LogP contribution < -0.4 is 14.8 Å². The average Bonchev–Trinajstić information content (AvgIpc) is 3.58. The number of likely N-dealkylation sites (tertiary alicyclic amines) is 1. The van der Waals surface area contributed by atoms with Crippen LogP contribution in [0.25, 0.3) is 0 Å². The maximum absolute atomic E-state index is 14.3. The summed E-state index contributed by atoms with van der Waals surface area (Å²) in [5, 5.41) is 2.63. The number of alkyl halides is 3. The molecule has 3 aromatic rings. The lowest BCUT2D eigenvalue weighted by atomic mass is 9.66. The zero-order chi connectivity index (χ0) is 35.5. The van der Waals surface area contributed by atoms with E-state index >= 15 is 0 Å². The summed E-state index contributed by atoms with van der Waals surface area (Å²) in [7, 11) is 1.26. The lowest BCUT2D eigenvalue weighted by Crippen LogP contribution is -2.60. The maximum Gasteiger partial charge on any atom is 0.416 e. The summed E-state index contributed by atoms with van der Waals surface area (Å²) in [6.07, 6.45) is -4.62. The number of benzene rings is 3. The third-order valence-corrected chi connectivity index (χ3v) is 9.24. The van der Waals surface area contributed by atoms with E-state index in [0.717, 1.165) is 17.7 Å². The van der Waals surface area contributed by atoms with Gasteiger partial charge in [-0.2, -0.15) is 13.2 Å². The zero-order valence-electron chi connectivity index (χ0n) is 27.5. The smallest absolute Gasteiger partial charge is 0.416 e. The molecule has 3 heterocycles. The van der Waals surface area contributed by atoms with E-state index in [2.05, 4.69) is 5.32 Å². The SMILES string of the molecule is COC(=O)[C@]12C[C@H](CC(=O)NCc3cccc(C(F)(F)F)c3)C(=O)N(Cc3ccc4c(c3)OCO4)C1=C[C@H](COCc1ccccc1)O[C@@H]2C. The first kappa shape index (κ1) is 35.0. The van der Waals surface area contributed by atoms with Gasteiger partial charge >= 0.3 is 12.1 Å². The number of carbonyl (C=O) groups excluding carboxylic acids is 3. The zero-order valence-corrected chi connectivity index (χ0v) is 27.5. The molecule has 1 fully saturated rings. The molecule has 3 aliphatic rings. The fourth-order valence-corrected chi connectivity index (χ4v) is 6.76. The molecule has 0 spiro atoms. The van der Waals surface area contributed by atoms with Gasteiger partial charge in [-0.05, 0) is 60.4 Å². The summed E-state index contributed by atoms with van der Waals surface area (Å²) >= 11 is 0. The minimum atomic E-state index is -4.53. The molecule has 2 amide bonds. The van der Waals surface area contributed by atoms with Crippen LogP contribution in [0.5, 0.6) is 11.5 Å². The number of nitrogens with one attached hydrogen (secondary N) is 1. The minimum Gasteiger partial charge on any atom is -0.468 e. The summed E-state index contributed by atoms with van der Waals surface area (Å²) in [4.78, 5) is 42.9.